The number of nitrogens with zero attached hydrogens (tertiary/aromatic N) is 7. The third-order valence-electron chi connectivity index (χ3n) is 7.69. The summed E-state index contributed by atoms with van der Waals surface area (Å²) in [7, 11) is 1.53. The number of carbonyl (C=O) groups is 2. The zero-order valence-electron chi connectivity index (χ0n) is 23.5. The van der Waals surface area contributed by atoms with Crippen LogP contribution in [0.2, 0.25) is 0 Å². The minimum Gasteiger partial charge on any atom is -0.477 e. The Morgan fingerprint density at radius 2 is 1.88 bits per heavy atom. The fourth-order valence-electron chi connectivity index (χ4n) is 5.16. The molecule has 13 nitrogen and oxygen atoms in total. The van der Waals surface area contributed by atoms with Crippen LogP contribution in [-0.4, -0.2) is 106 Å². The number of urea groups is 1. The van der Waals surface area contributed by atoms with E-state index < -0.39 is 24.3 Å². The molecule has 2 aromatic heterocycles. The average molecular weight is 572 g/mol. The van der Waals surface area contributed by atoms with Crippen molar-refractivity contribution in [1.82, 2.24) is 35.1 Å². The highest BCUT2D eigenvalue weighted by Crippen LogP contribution is 2.30. The van der Waals surface area contributed by atoms with Crippen LogP contribution in [-0.2, 0) is 0 Å². The lowest BCUT2D eigenvalue weighted by atomic mass is 10.0. The third-order valence-corrected chi connectivity index (χ3v) is 7.69. The van der Waals surface area contributed by atoms with Crippen LogP contribution in [0.25, 0.3) is 0 Å². The number of carbonyl (C=O) groups excluding carboxylic acids is 2. The number of likely N-dealkylation sites (tertiary alicyclic amines) is 1. The number of piperidine rings is 2. The molecular formula is C27H38FN9O4. The summed E-state index contributed by atoms with van der Waals surface area (Å²) in [6.07, 6.45) is 7.13. The van der Waals surface area contributed by atoms with Crippen molar-refractivity contribution in [1.29, 1.82) is 0 Å². The van der Waals surface area contributed by atoms with Crippen molar-refractivity contribution in [2.45, 2.75) is 57.3 Å². The van der Waals surface area contributed by atoms with Crippen LogP contribution in [0.15, 0.2) is 24.7 Å². The number of likely N-dealkylation sites (N-methyl/N-ethyl adjacent to an activating group) is 1. The molecule has 2 aromatic rings. The van der Waals surface area contributed by atoms with Gasteiger partial charge in [-0.15, -0.1) is 0 Å². The minimum absolute atomic E-state index is 0.0684. The zero-order valence-corrected chi connectivity index (χ0v) is 23.5. The lowest BCUT2D eigenvalue weighted by Gasteiger charge is -2.39. The molecule has 2 aliphatic heterocycles. The van der Waals surface area contributed by atoms with Crippen molar-refractivity contribution in [2.24, 2.45) is 5.92 Å². The van der Waals surface area contributed by atoms with Crippen molar-refractivity contribution in [3.8, 4) is 11.8 Å². The van der Waals surface area contributed by atoms with E-state index in [1.165, 1.54) is 56.0 Å². The van der Waals surface area contributed by atoms with Gasteiger partial charge in [-0.2, -0.15) is 4.98 Å². The Balaban J connectivity index is 1.13. The zero-order chi connectivity index (χ0) is 28.8. The normalized spacial score (nSPS) is 21.7. The molecule has 0 bridgehead atoms. The number of amides is 3. The SMILES string of the molecule is CCOc1cnc(NC(=O)N(C)[C@H]2CN(c3nccc(OC(=O)NC4CCN(CC5CC5)CC4)n3)CC[C@H]2F)cn1. The lowest BCUT2D eigenvalue weighted by Crippen LogP contribution is -2.55. The maximum atomic E-state index is 15.0. The molecule has 1 saturated carbocycles. The van der Waals surface area contributed by atoms with Gasteiger partial charge >= 0.3 is 12.1 Å². The first-order chi connectivity index (χ1) is 19.9. The van der Waals surface area contributed by atoms with Gasteiger partial charge in [0.25, 0.3) is 0 Å². The number of nitrogens with one attached hydrogen (secondary N) is 2. The molecule has 2 atom stereocenters. The summed E-state index contributed by atoms with van der Waals surface area (Å²) in [6, 6.07) is 0.296. The van der Waals surface area contributed by atoms with Crippen molar-refractivity contribution in [3.63, 3.8) is 0 Å². The van der Waals surface area contributed by atoms with Crippen molar-refractivity contribution in [2.75, 3.05) is 56.6 Å². The van der Waals surface area contributed by atoms with Gasteiger partial charge in [0.1, 0.15) is 6.17 Å². The van der Waals surface area contributed by atoms with Gasteiger partial charge < -0.3 is 29.5 Å². The molecule has 0 radical (unpaired) electrons. The summed E-state index contributed by atoms with van der Waals surface area (Å²) in [4.78, 5) is 47.8. The van der Waals surface area contributed by atoms with E-state index in [4.69, 9.17) is 9.47 Å². The minimum atomic E-state index is -1.24. The maximum absolute atomic E-state index is 15.0. The molecule has 0 unspecified atom stereocenters. The highest BCUT2D eigenvalue weighted by Gasteiger charge is 2.35. The van der Waals surface area contributed by atoms with Gasteiger partial charge in [0.05, 0.1) is 25.0 Å². The van der Waals surface area contributed by atoms with E-state index in [-0.39, 0.29) is 30.7 Å². The molecule has 1 aliphatic carbocycles. The van der Waals surface area contributed by atoms with Gasteiger partial charge in [-0.3, -0.25) is 5.32 Å². The lowest BCUT2D eigenvalue weighted by molar-refractivity contribution is 0.133. The first-order valence-electron chi connectivity index (χ1n) is 14.3. The predicted molar refractivity (Wildman–Crippen MR) is 149 cm³/mol. The molecule has 0 aromatic carbocycles. The summed E-state index contributed by atoms with van der Waals surface area (Å²) in [5, 5.41) is 5.58. The van der Waals surface area contributed by atoms with Gasteiger partial charge in [-0.1, -0.05) is 0 Å². The molecule has 2 N–H and O–H groups in total. The van der Waals surface area contributed by atoms with Gasteiger partial charge in [-0.25, -0.2) is 28.9 Å². The smallest absolute Gasteiger partial charge is 0.414 e. The summed E-state index contributed by atoms with van der Waals surface area (Å²) < 4.78 is 25.7. The average Bonchev–Trinajstić information content (AvgIpc) is 3.79. The molecule has 0 spiro atoms. The van der Waals surface area contributed by atoms with Crippen LogP contribution in [0.5, 0.6) is 11.8 Å². The quantitative estimate of drug-likeness (QED) is 0.462. The summed E-state index contributed by atoms with van der Waals surface area (Å²) >= 11 is 0. The third kappa shape index (κ3) is 7.90. The fraction of sp³-hybridized carbons (Fsp3) is 0.630. The van der Waals surface area contributed by atoms with Crippen molar-refractivity contribution >= 4 is 23.9 Å². The first kappa shape index (κ1) is 28.7. The van der Waals surface area contributed by atoms with E-state index in [9.17, 15) is 14.0 Å². The largest absolute Gasteiger partial charge is 0.477 e. The van der Waals surface area contributed by atoms with Crippen LogP contribution in [0.4, 0.5) is 25.7 Å². The van der Waals surface area contributed by atoms with E-state index in [1.54, 1.807) is 4.90 Å². The highest BCUT2D eigenvalue weighted by molar-refractivity contribution is 5.88. The number of halogens is 1. The molecular weight excluding hydrogens is 533 g/mol. The van der Waals surface area contributed by atoms with Gasteiger partial charge in [0.2, 0.25) is 17.7 Å². The Hall–Kier alpha value is -3.81. The van der Waals surface area contributed by atoms with E-state index in [1.807, 2.05) is 6.92 Å². The number of hydrogen-bond acceptors (Lipinski definition) is 10. The Morgan fingerprint density at radius 3 is 2.59 bits per heavy atom. The fourth-order valence-corrected chi connectivity index (χ4v) is 5.16. The Kier molecular flexibility index (Phi) is 9.27. The Bertz CT molecular complexity index is 1180. The topological polar surface area (TPSA) is 138 Å². The summed E-state index contributed by atoms with van der Waals surface area (Å²) in [6.45, 7) is 5.92. The first-order valence-corrected chi connectivity index (χ1v) is 14.3. The standard InChI is InChI=1S/C27H38FN9O4/c1-3-40-24-15-30-22(14-31-24)33-26(38)35(2)21-17-37(13-9-20(21)28)25-29-10-6-23(34-25)41-27(39)32-19-7-11-36(12-8-19)16-18-4-5-18/h6,10,14-15,18-21H,3-5,7-9,11-13,16-17H2,1-2H3,(H,32,39)(H,30,33,38)/t20-,21+/m1/s1. The molecule has 5 rings (SSSR count). The monoisotopic (exact) mass is 571 g/mol. The number of hydrogen-bond donors (Lipinski definition) is 2. The molecule has 222 valence electrons. The maximum Gasteiger partial charge on any atom is 0.414 e. The molecule has 3 amide bonds. The summed E-state index contributed by atoms with van der Waals surface area (Å²) in [5.74, 6) is 1.84. The van der Waals surface area contributed by atoms with E-state index in [0.29, 0.717) is 25.0 Å². The van der Waals surface area contributed by atoms with Crippen LogP contribution < -0.4 is 25.0 Å². The van der Waals surface area contributed by atoms with E-state index >= 15 is 0 Å². The number of anilines is 2. The summed E-state index contributed by atoms with van der Waals surface area (Å²) in [5.41, 5.74) is 0. The molecule has 3 fully saturated rings. The second kappa shape index (κ2) is 13.2. The van der Waals surface area contributed by atoms with Gasteiger partial charge in [0, 0.05) is 58.1 Å². The molecule has 4 heterocycles. The Morgan fingerprint density at radius 1 is 1.07 bits per heavy atom. The number of ether oxygens (including phenoxy) is 2. The molecule has 3 aliphatic rings. The van der Waals surface area contributed by atoms with Crippen molar-refractivity contribution in [3.05, 3.63) is 24.7 Å². The number of alkyl halides is 1. The number of aromatic nitrogens is 4. The van der Waals surface area contributed by atoms with E-state index in [0.717, 1.165) is 31.8 Å². The van der Waals surface area contributed by atoms with E-state index in [2.05, 4.69) is 35.5 Å². The van der Waals surface area contributed by atoms with Crippen molar-refractivity contribution < 1.29 is 23.5 Å². The van der Waals surface area contributed by atoms with Crippen LogP contribution in [0.3, 0.4) is 0 Å². The second-order valence-electron chi connectivity index (χ2n) is 10.8. The highest BCUT2D eigenvalue weighted by atomic mass is 19.1. The predicted octanol–water partition coefficient (Wildman–Crippen LogP) is 2.71. The van der Waals surface area contributed by atoms with Crippen LogP contribution >= 0.6 is 0 Å². The number of rotatable bonds is 9. The van der Waals surface area contributed by atoms with Gasteiger partial charge in [0.15, 0.2) is 5.82 Å². The van der Waals surface area contributed by atoms with Gasteiger partial charge in [-0.05, 0) is 44.9 Å². The molecule has 41 heavy (non-hydrogen) atoms. The molecule has 2 saturated heterocycles. The Labute approximate surface area is 238 Å². The van der Waals surface area contributed by atoms with Crippen LogP contribution in [0, 0.1) is 5.92 Å². The second-order valence-corrected chi connectivity index (χ2v) is 10.8. The van der Waals surface area contributed by atoms with Crippen LogP contribution in [0.1, 0.15) is 39.0 Å². The molecule has 14 heteroatoms.